The summed E-state index contributed by atoms with van der Waals surface area (Å²) in [5.74, 6) is 1.45. The maximum atomic E-state index is 6.09. The maximum Gasteiger partial charge on any atom is 0.193 e. The first kappa shape index (κ1) is 15.9. The van der Waals surface area contributed by atoms with E-state index in [0.29, 0.717) is 12.0 Å². The average Bonchev–Trinajstić information content (AvgIpc) is 3.20. The fourth-order valence-corrected chi connectivity index (χ4v) is 3.15. The van der Waals surface area contributed by atoms with E-state index in [1.54, 1.807) is 0 Å². The second-order valence-corrected chi connectivity index (χ2v) is 6.60. The van der Waals surface area contributed by atoms with Crippen LogP contribution in [0, 0.1) is 0 Å². The molecule has 1 aliphatic carbocycles. The third kappa shape index (κ3) is 3.70. The molecule has 0 spiro atoms. The quantitative estimate of drug-likeness (QED) is 0.689. The van der Waals surface area contributed by atoms with Crippen molar-refractivity contribution in [1.82, 2.24) is 14.8 Å². The van der Waals surface area contributed by atoms with Crippen molar-refractivity contribution in [3.05, 3.63) is 58.9 Å². The lowest BCUT2D eigenvalue weighted by Crippen LogP contribution is -2.40. The summed E-state index contributed by atoms with van der Waals surface area (Å²) in [4.78, 5) is 6.58. The van der Waals surface area contributed by atoms with Gasteiger partial charge in [0.25, 0.3) is 0 Å². The van der Waals surface area contributed by atoms with Gasteiger partial charge >= 0.3 is 0 Å². The van der Waals surface area contributed by atoms with E-state index in [2.05, 4.69) is 64.3 Å². The van der Waals surface area contributed by atoms with Crippen LogP contribution in [-0.4, -0.2) is 35.6 Å². The van der Waals surface area contributed by atoms with Crippen molar-refractivity contribution in [3.63, 3.8) is 0 Å². The van der Waals surface area contributed by atoms with Crippen molar-refractivity contribution in [2.24, 2.45) is 12.0 Å². The summed E-state index contributed by atoms with van der Waals surface area (Å²) in [5, 5.41) is 4.37. The molecule has 3 rings (SSSR count). The second kappa shape index (κ2) is 6.67. The van der Waals surface area contributed by atoms with E-state index in [0.717, 1.165) is 23.9 Å². The lowest BCUT2D eigenvalue weighted by molar-refractivity contribution is 0.461. The minimum absolute atomic E-state index is 0.433. The van der Waals surface area contributed by atoms with Crippen molar-refractivity contribution >= 4 is 17.6 Å². The Kier molecular flexibility index (Phi) is 4.62. The summed E-state index contributed by atoms with van der Waals surface area (Å²) in [5.41, 5.74) is 2.56. The first-order valence-electron chi connectivity index (χ1n) is 7.88. The Bertz CT molecular complexity index is 707. The third-order valence-corrected chi connectivity index (χ3v) is 4.64. The van der Waals surface area contributed by atoms with E-state index < -0.39 is 0 Å². The minimum Gasteiger partial charge on any atom is -0.353 e. The van der Waals surface area contributed by atoms with Crippen LogP contribution in [0.4, 0.5) is 0 Å². The van der Waals surface area contributed by atoms with Gasteiger partial charge in [0, 0.05) is 50.0 Å². The van der Waals surface area contributed by atoms with Gasteiger partial charge in [-0.15, -0.1) is 0 Å². The van der Waals surface area contributed by atoms with Gasteiger partial charge in [-0.05, 0) is 36.2 Å². The zero-order chi connectivity index (χ0) is 16.4. The smallest absolute Gasteiger partial charge is 0.193 e. The van der Waals surface area contributed by atoms with Crippen LogP contribution in [0.1, 0.15) is 23.6 Å². The molecule has 0 saturated heterocycles. The standard InChI is InChI=1S/C18H23ClN4/c1-20-18(23(3)12-15-8-5-9-22(15)2)21-17-11-16(17)13-6-4-7-14(19)10-13/h4-10,16-17H,11-12H2,1-3H3,(H,20,21). The number of hydrogen-bond donors (Lipinski definition) is 1. The van der Waals surface area contributed by atoms with Gasteiger partial charge < -0.3 is 14.8 Å². The molecule has 1 saturated carbocycles. The molecular formula is C18H23ClN4. The SMILES string of the molecule is CN=C(NC1CC1c1cccc(Cl)c1)N(C)Cc1cccn1C. The van der Waals surface area contributed by atoms with Gasteiger partial charge in [-0.3, -0.25) is 4.99 Å². The Morgan fingerprint density at radius 2 is 2.22 bits per heavy atom. The molecule has 23 heavy (non-hydrogen) atoms. The maximum absolute atomic E-state index is 6.09. The van der Waals surface area contributed by atoms with Gasteiger partial charge in [0.15, 0.2) is 5.96 Å². The number of rotatable bonds is 4. The highest BCUT2D eigenvalue weighted by Gasteiger charge is 2.39. The van der Waals surface area contributed by atoms with E-state index in [4.69, 9.17) is 11.6 Å². The molecule has 1 heterocycles. The molecule has 1 fully saturated rings. The molecule has 4 nitrogen and oxygen atoms in total. The van der Waals surface area contributed by atoms with Crippen LogP contribution in [0.5, 0.6) is 0 Å². The highest BCUT2D eigenvalue weighted by atomic mass is 35.5. The molecule has 1 aliphatic rings. The summed E-state index contributed by atoms with van der Waals surface area (Å²) in [7, 11) is 5.97. The van der Waals surface area contributed by atoms with E-state index in [9.17, 15) is 0 Å². The second-order valence-electron chi connectivity index (χ2n) is 6.16. The molecule has 2 aromatic rings. The topological polar surface area (TPSA) is 32.6 Å². The van der Waals surface area contributed by atoms with Crippen LogP contribution in [0.15, 0.2) is 47.6 Å². The van der Waals surface area contributed by atoms with Gasteiger partial charge in [-0.25, -0.2) is 0 Å². The van der Waals surface area contributed by atoms with Crippen LogP contribution in [0.3, 0.4) is 0 Å². The van der Waals surface area contributed by atoms with E-state index in [-0.39, 0.29) is 0 Å². The van der Waals surface area contributed by atoms with E-state index in [1.807, 2.05) is 19.2 Å². The number of halogens is 1. The molecule has 1 aromatic carbocycles. The first-order chi connectivity index (χ1) is 11.1. The first-order valence-corrected chi connectivity index (χ1v) is 8.26. The lowest BCUT2D eigenvalue weighted by Gasteiger charge is -2.22. The molecule has 0 radical (unpaired) electrons. The van der Waals surface area contributed by atoms with Crippen molar-refractivity contribution in [2.75, 3.05) is 14.1 Å². The summed E-state index contributed by atoms with van der Waals surface area (Å²) in [6, 6.07) is 12.8. The number of aromatic nitrogens is 1. The van der Waals surface area contributed by atoms with Gasteiger partial charge in [0.05, 0.1) is 6.54 Å². The highest BCUT2D eigenvalue weighted by Crippen LogP contribution is 2.41. The van der Waals surface area contributed by atoms with Crippen molar-refractivity contribution in [1.29, 1.82) is 0 Å². The van der Waals surface area contributed by atoms with Gasteiger partial charge in [-0.2, -0.15) is 0 Å². The largest absolute Gasteiger partial charge is 0.353 e. The van der Waals surface area contributed by atoms with Crippen molar-refractivity contribution < 1.29 is 0 Å². The van der Waals surface area contributed by atoms with E-state index in [1.165, 1.54) is 11.3 Å². The van der Waals surface area contributed by atoms with Crippen molar-refractivity contribution in [2.45, 2.75) is 24.9 Å². The number of aliphatic imine (C=N–C) groups is 1. The van der Waals surface area contributed by atoms with E-state index >= 15 is 0 Å². The number of aryl methyl sites for hydroxylation is 1. The Hall–Kier alpha value is -1.94. The van der Waals surface area contributed by atoms with Crippen LogP contribution in [-0.2, 0) is 13.6 Å². The Labute approximate surface area is 142 Å². The fourth-order valence-electron chi connectivity index (χ4n) is 2.95. The van der Waals surface area contributed by atoms with Crippen LogP contribution in [0.25, 0.3) is 0 Å². The molecule has 1 N–H and O–H groups in total. The van der Waals surface area contributed by atoms with Crippen LogP contribution >= 0.6 is 11.6 Å². The Morgan fingerprint density at radius 3 is 2.87 bits per heavy atom. The number of nitrogens with zero attached hydrogens (tertiary/aromatic N) is 3. The Morgan fingerprint density at radius 1 is 1.39 bits per heavy atom. The molecule has 122 valence electrons. The monoisotopic (exact) mass is 330 g/mol. The summed E-state index contributed by atoms with van der Waals surface area (Å²) < 4.78 is 2.13. The molecular weight excluding hydrogens is 308 g/mol. The molecule has 1 aromatic heterocycles. The molecule has 5 heteroatoms. The van der Waals surface area contributed by atoms with Crippen LogP contribution in [0.2, 0.25) is 5.02 Å². The zero-order valence-corrected chi connectivity index (χ0v) is 14.6. The molecule has 2 atom stereocenters. The molecule has 2 unspecified atom stereocenters. The summed E-state index contributed by atoms with van der Waals surface area (Å²) in [6.45, 7) is 0.831. The summed E-state index contributed by atoms with van der Waals surface area (Å²) in [6.07, 6.45) is 3.19. The minimum atomic E-state index is 0.433. The predicted octanol–water partition coefficient (Wildman–Crippen LogP) is 3.24. The highest BCUT2D eigenvalue weighted by molar-refractivity contribution is 6.30. The van der Waals surface area contributed by atoms with Gasteiger partial charge in [-0.1, -0.05) is 23.7 Å². The number of nitrogens with one attached hydrogen (secondary N) is 1. The molecule has 0 bridgehead atoms. The lowest BCUT2D eigenvalue weighted by atomic mass is 10.1. The third-order valence-electron chi connectivity index (χ3n) is 4.41. The predicted molar refractivity (Wildman–Crippen MR) is 96.0 cm³/mol. The number of benzene rings is 1. The number of guanidine groups is 1. The number of hydrogen-bond acceptors (Lipinski definition) is 1. The molecule has 0 aliphatic heterocycles. The van der Waals surface area contributed by atoms with Crippen LogP contribution < -0.4 is 5.32 Å². The average molecular weight is 331 g/mol. The van der Waals surface area contributed by atoms with Gasteiger partial charge in [0.1, 0.15) is 0 Å². The fraction of sp³-hybridized carbons (Fsp3) is 0.389. The van der Waals surface area contributed by atoms with Gasteiger partial charge in [0.2, 0.25) is 0 Å². The molecule has 0 amide bonds. The van der Waals surface area contributed by atoms with Crippen molar-refractivity contribution in [3.8, 4) is 0 Å². The summed E-state index contributed by atoms with van der Waals surface area (Å²) >= 11 is 6.09. The normalized spacial score (nSPS) is 20.4. The Balaban J connectivity index is 1.59. The zero-order valence-electron chi connectivity index (χ0n) is 13.8.